The van der Waals surface area contributed by atoms with Gasteiger partial charge in [-0.05, 0) is 61.2 Å². The Balaban J connectivity index is 1.44. The Morgan fingerprint density at radius 2 is 1.58 bits per heavy atom. The van der Waals surface area contributed by atoms with Crippen molar-refractivity contribution in [2.24, 2.45) is 0 Å². The molecule has 0 radical (unpaired) electrons. The molecule has 3 aromatic rings. The Morgan fingerprint density at radius 1 is 0.839 bits per heavy atom. The van der Waals surface area contributed by atoms with Crippen LogP contribution in [0.25, 0.3) is 0 Å². The Hall–Kier alpha value is -3.47. The van der Waals surface area contributed by atoms with E-state index < -0.39 is 0 Å². The lowest BCUT2D eigenvalue weighted by molar-refractivity contribution is -0.114. The number of anilines is 2. The number of nitrogens with one attached hydrogen (secondary N) is 2. The number of amides is 1. The molecule has 0 aliphatic heterocycles. The van der Waals surface area contributed by atoms with Crippen LogP contribution in [0, 0.1) is 0 Å². The summed E-state index contributed by atoms with van der Waals surface area (Å²) in [5.74, 6) is 1.43. The minimum atomic E-state index is -0.124. The van der Waals surface area contributed by atoms with E-state index in [2.05, 4.69) is 41.8 Å². The van der Waals surface area contributed by atoms with Crippen LogP contribution < -0.4 is 20.1 Å². The van der Waals surface area contributed by atoms with Crippen LogP contribution in [0.2, 0.25) is 0 Å². The van der Waals surface area contributed by atoms with Gasteiger partial charge in [0.15, 0.2) is 0 Å². The molecular weight excluding hydrogens is 388 g/mol. The van der Waals surface area contributed by atoms with Crippen molar-refractivity contribution in [2.45, 2.75) is 26.2 Å². The van der Waals surface area contributed by atoms with Gasteiger partial charge in [0, 0.05) is 5.69 Å². The zero-order valence-corrected chi connectivity index (χ0v) is 18.0. The van der Waals surface area contributed by atoms with Crippen LogP contribution in [-0.2, 0) is 11.2 Å². The number of ether oxygens (including phenoxy) is 2. The summed E-state index contributed by atoms with van der Waals surface area (Å²) >= 11 is 0. The summed E-state index contributed by atoms with van der Waals surface area (Å²) in [5.41, 5.74) is 2.85. The number of hydrogen-bond acceptors (Lipinski definition) is 4. The molecule has 162 valence electrons. The first-order valence-electron chi connectivity index (χ1n) is 10.8. The molecule has 3 aromatic carbocycles. The van der Waals surface area contributed by atoms with E-state index in [0.717, 1.165) is 42.1 Å². The van der Waals surface area contributed by atoms with Crippen molar-refractivity contribution in [3.63, 3.8) is 0 Å². The fourth-order valence-electron chi connectivity index (χ4n) is 3.08. The molecular formula is C26H30N2O3. The van der Waals surface area contributed by atoms with Gasteiger partial charge in [0.1, 0.15) is 11.5 Å². The molecule has 1 amide bonds. The summed E-state index contributed by atoms with van der Waals surface area (Å²) in [7, 11) is 0. The summed E-state index contributed by atoms with van der Waals surface area (Å²) in [6.45, 7) is 3.52. The first kappa shape index (κ1) is 22.2. The van der Waals surface area contributed by atoms with E-state index in [4.69, 9.17) is 9.47 Å². The number of hydrogen-bond donors (Lipinski definition) is 2. The zero-order valence-electron chi connectivity index (χ0n) is 18.0. The maximum absolute atomic E-state index is 12.3. The molecule has 0 heterocycles. The molecule has 0 saturated heterocycles. The van der Waals surface area contributed by atoms with Crippen molar-refractivity contribution >= 4 is 17.3 Å². The molecule has 0 aromatic heterocycles. The quantitative estimate of drug-likeness (QED) is 0.379. The lowest BCUT2D eigenvalue weighted by Crippen LogP contribution is -2.22. The second-order valence-corrected chi connectivity index (χ2v) is 7.21. The van der Waals surface area contributed by atoms with Crippen molar-refractivity contribution in [3.05, 3.63) is 84.4 Å². The van der Waals surface area contributed by atoms with Gasteiger partial charge >= 0.3 is 0 Å². The minimum absolute atomic E-state index is 0.124. The van der Waals surface area contributed by atoms with Gasteiger partial charge in [-0.2, -0.15) is 0 Å². The van der Waals surface area contributed by atoms with Crippen molar-refractivity contribution in [1.82, 2.24) is 0 Å². The highest BCUT2D eigenvalue weighted by atomic mass is 16.5. The predicted octanol–water partition coefficient (Wildman–Crippen LogP) is 5.54. The van der Waals surface area contributed by atoms with Gasteiger partial charge in [-0.3, -0.25) is 4.79 Å². The molecule has 0 aliphatic carbocycles. The van der Waals surface area contributed by atoms with Crippen LogP contribution >= 0.6 is 0 Å². The zero-order chi connectivity index (χ0) is 21.7. The molecule has 0 fully saturated rings. The number of rotatable bonds is 12. The molecule has 0 saturated carbocycles. The van der Waals surface area contributed by atoms with E-state index in [1.165, 1.54) is 5.56 Å². The Labute approximate surface area is 184 Å². The minimum Gasteiger partial charge on any atom is -0.494 e. The summed E-state index contributed by atoms with van der Waals surface area (Å²) in [6.07, 6.45) is 2.86. The Morgan fingerprint density at radius 3 is 2.35 bits per heavy atom. The van der Waals surface area contributed by atoms with Gasteiger partial charge in [0.2, 0.25) is 5.91 Å². The number of aryl methyl sites for hydroxylation is 1. The van der Waals surface area contributed by atoms with E-state index in [-0.39, 0.29) is 12.5 Å². The number of carbonyl (C=O) groups excluding carboxylic acids is 1. The summed E-state index contributed by atoms with van der Waals surface area (Å²) in [6, 6.07) is 25.5. The van der Waals surface area contributed by atoms with E-state index >= 15 is 0 Å². The largest absolute Gasteiger partial charge is 0.494 e. The summed E-state index contributed by atoms with van der Waals surface area (Å²) < 4.78 is 11.5. The third-order valence-electron chi connectivity index (χ3n) is 4.65. The molecule has 0 atom stereocenters. The average Bonchev–Trinajstić information content (AvgIpc) is 2.81. The molecule has 0 spiro atoms. The first-order valence-corrected chi connectivity index (χ1v) is 10.8. The highest BCUT2D eigenvalue weighted by Crippen LogP contribution is 2.24. The van der Waals surface area contributed by atoms with Gasteiger partial charge in [0.05, 0.1) is 25.4 Å². The van der Waals surface area contributed by atoms with Gasteiger partial charge in [-0.1, -0.05) is 49.4 Å². The third-order valence-corrected chi connectivity index (χ3v) is 4.65. The lowest BCUT2D eigenvalue weighted by Gasteiger charge is -2.13. The highest BCUT2D eigenvalue weighted by Gasteiger charge is 2.07. The first-order chi connectivity index (χ1) is 15.2. The molecule has 0 unspecified atom stereocenters. The maximum atomic E-state index is 12.3. The van der Waals surface area contributed by atoms with Gasteiger partial charge < -0.3 is 20.1 Å². The van der Waals surface area contributed by atoms with Crippen LogP contribution in [0.1, 0.15) is 25.3 Å². The van der Waals surface area contributed by atoms with E-state index in [1.54, 1.807) is 0 Å². The molecule has 31 heavy (non-hydrogen) atoms. The van der Waals surface area contributed by atoms with Crippen LogP contribution in [0.15, 0.2) is 78.9 Å². The van der Waals surface area contributed by atoms with Crippen LogP contribution in [0.5, 0.6) is 11.5 Å². The lowest BCUT2D eigenvalue weighted by atomic mass is 10.1. The fraction of sp³-hybridized carbons (Fsp3) is 0.269. The van der Waals surface area contributed by atoms with Crippen LogP contribution in [0.4, 0.5) is 11.4 Å². The molecule has 0 bridgehead atoms. The normalized spacial score (nSPS) is 10.4. The monoisotopic (exact) mass is 418 g/mol. The summed E-state index contributed by atoms with van der Waals surface area (Å²) in [5, 5.41) is 6.06. The van der Waals surface area contributed by atoms with Crippen molar-refractivity contribution in [2.75, 3.05) is 30.4 Å². The second-order valence-electron chi connectivity index (χ2n) is 7.21. The molecule has 2 N–H and O–H groups in total. The molecule has 3 rings (SSSR count). The van der Waals surface area contributed by atoms with Crippen molar-refractivity contribution < 1.29 is 14.3 Å². The second kappa shape index (κ2) is 12.3. The predicted molar refractivity (Wildman–Crippen MR) is 126 cm³/mol. The molecule has 5 nitrogen and oxygen atoms in total. The number of benzene rings is 3. The standard InChI is InChI=1S/C26H30N2O3/c1-2-18-30-23-16-14-22(15-17-23)28-26(29)20-27-24-12-6-7-13-25(24)31-19-8-11-21-9-4-3-5-10-21/h3-7,9-10,12-17,27H,2,8,11,18-20H2,1H3,(H,28,29). The average molecular weight is 419 g/mol. The molecule has 0 aliphatic rings. The Bertz CT molecular complexity index is 927. The van der Waals surface area contributed by atoms with Crippen LogP contribution in [-0.4, -0.2) is 25.7 Å². The number of para-hydroxylation sites is 2. The van der Waals surface area contributed by atoms with E-state index in [0.29, 0.717) is 13.2 Å². The fourth-order valence-corrected chi connectivity index (χ4v) is 3.08. The van der Waals surface area contributed by atoms with Crippen molar-refractivity contribution in [3.8, 4) is 11.5 Å². The summed E-state index contributed by atoms with van der Waals surface area (Å²) in [4.78, 5) is 12.3. The van der Waals surface area contributed by atoms with Crippen molar-refractivity contribution in [1.29, 1.82) is 0 Å². The van der Waals surface area contributed by atoms with Gasteiger partial charge in [-0.15, -0.1) is 0 Å². The van der Waals surface area contributed by atoms with Gasteiger partial charge in [-0.25, -0.2) is 0 Å². The highest BCUT2D eigenvalue weighted by molar-refractivity contribution is 5.94. The molecule has 5 heteroatoms. The third kappa shape index (κ3) is 7.70. The Kier molecular flexibility index (Phi) is 8.80. The topological polar surface area (TPSA) is 59.6 Å². The van der Waals surface area contributed by atoms with Crippen LogP contribution in [0.3, 0.4) is 0 Å². The van der Waals surface area contributed by atoms with E-state index in [1.807, 2.05) is 54.6 Å². The van der Waals surface area contributed by atoms with E-state index in [9.17, 15) is 4.79 Å². The number of carbonyl (C=O) groups is 1. The SMILES string of the molecule is CCCOc1ccc(NC(=O)CNc2ccccc2OCCCc2ccccc2)cc1. The smallest absolute Gasteiger partial charge is 0.243 e. The maximum Gasteiger partial charge on any atom is 0.243 e. The van der Waals surface area contributed by atoms with Gasteiger partial charge in [0.25, 0.3) is 0 Å².